The highest BCUT2D eigenvalue weighted by Gasteiger charge is 2.30. The number of methoxy groups -OCH3 is 1. The fourth-order valence-corrected chi connectivity index (χ4v) is 3.63. The first-order valence-electron chi connectivity index (χ1n) is 9.72. The molecule has 2 aromatic heterocycles. The summed E-state index contributed by atoms with van der Waals surface area (Å²) in [5.74, 6) is 1.73. The van der Waals surface area contributed by atoms with Gasteiger partial charge in [0.2, 0.25) is 0 Å². The number of carbonyl (C=O) groups is 1. The molecule has 0 saturated carbocycles. The number of benzene rings is 1. The third-order valence-electron chi connectivity index (χ3n) is 5.19. The van der Waals surface area contributed by atoms with E-state index in [0.717, 1.165) is 42.3 Å². The molecule has 0 bridgehead atoms. The van der Waals surface area contributed by atoms with Gasteiger partial charge in [-0.05, 0) is 24.6 Å². The van der Waals surface area contributed by atoms with Gasteiger partial charge in [0.15, 0.2) is 11.5 Å². The molecule has 3 aromatic rings. The van der Waals surface area contributed by atoms with Gasteiger partial charge >= 0.3 is 0 Å². The first kappa shape index (κ1) is 19.0. The molecule has 1 aliphatic rings. The summed E-state index contributed by atoms with van der Waals surface area (Å²) < 4.78 is 12.8. The van der Waals surface area contributed by atoms with E-state index in [4.69, 9.17) is 9.47 Å². The third kappa shape index (κ3) is 4.26. The lowest BCUT2D eigenvalue weighted by Gasteiger charge is -2.14. The van der Waals surface area contributed by atoms with E-state index in [9.17, 15) is 4.79 Å². The second-order valence-electron chi connectivity index (χ2n) is 7.21. The monoisotopic (exact) mass is 395 g/mol. The molecule has 1 amide bonds. The van der Waals surface area contributed by atoms with Gasteiger partial charge < -0.3 is 14.4 Å². The zero-order chi connectivity index (χ0) is 20.2. The average molecular weight is 395 g/mol. The third-order valence-corrected chi connectivity index (χ3v) is 5.19. The minimum absolute atomic E-state index is 0.0292. The van der Waals surface area contributed by atoms with Crippen LogP contribution in [0.4, 0.5) is 0 Å². The van der Waals surface area contributed by atoms with Crippen LogP contribution in [0.15, 0.2) is 42.7 Å². The summed E-state index contributed by atoms with van der Waals surface area (Å²) in [6, 6.07) is 9.68. The maximum atomic E-state index is 12.6. The fraction of sp³-hybridized carbons (Fsp3) is 0.381. The van der Waals surface area contributed by atoms with Gasteiger partial charge in [-0.25, -0.2) is 0 Å². The summed E-state index contributed by atoms with van der Waals surface area (Å²) in [7, 11) is 3.44. The van der Waals surface area contributed by atoms with Gasteiger partial charge in [0, 0.05) is 44.4 Å². The number of hydrogen-bond donors (Lipinski definition) is 1. The number of aromatic nitrogens is 4. The van der Waals surface area contributed by atoms with E-state index in [-0.39, 0.29) is 11.8 Å². The highest BCUT2D eigenvalue weighted by atomic mass is 16.5. The number of H-pyrrole nitrogens is 1. The Hall–Kier alpha value is -3.29. The Morgan fingerprint density at radius 3 is 2.90 bits per heavy atom. The van der Waals surface area contributed by atoms with Crippen molar-refractivity contribution >= 4 is 5.91 Å². The van der Waals surface area contributed by atoms with Crippen molar-refractivity contribution in [3.05, 3.63) is 59.7 Å². The van der Waals surface area contributed by atoms with Crippen LogP contribution in [0, 0.1) is 0 Å². The summed E-state index contributed by atoms with van der Waals surface area (Å²) in [6.45, 7) is 1.94. The molecule has 1 unspecified atom stereocenters. The summed E-state index contributed by atoms with van der Waals surface area (Å²) in [6.07, 6.45) is 5.00. The molecule has 8 nitrogen and oxygen atoms in total. The summed E-state index contributed by atoms with van der Waals surface area (Å²) in [4.78, 5) is 14.5. The Bertz CT molecular complexity index is 980. The number of aryl methyl sites for hydroxylation is 1. The molecule has 4 rings (SSSR count). The largest absolute Gasteiger partial charge is 0.493 e. The Morgan fingerprint density at radius 2 is 2.14 bits per heavy atom. The van der Waals surface area contributed by atoms with E-state index in [1.807, 2.05) is 36.2 Å². The SMILES string of the molecule is COc1ccccc1OCCc1cc(C2CCN(C(=O)c3cnn(C)c3)C2)n[nH]1. The number of amides is 1. The van der Waals surface area contributed by atoms with Crippen molar-refractivity contribution in [3.63, 3.8) is 0 Å². The van der Waals surface area contributed by atoms with Crippen LogP contribution >= 0.6 is 0 Å². The predicted molar refractivity (Wildman–Crippen MR) is 107 cm³/mol. The highest BCUT2D eigenvalue weighted by Crippen LogP contribution is 2.28. The van der Waals surface area contributed by atoms with Gasteiger partial charge in [-0.1, -0.05) is 12.1 Å². The molecule has 1 fully saturated rings. The van der Waals surface area contributed by atoms with Crippen LogP contribution in [0.25, 0.3) is 0 Å². The maximum absolute atomic E-state index is 12.6. The Kier molecular flexibility index (Phi) is 5.50. The normalized spacial score (nSPS) is 16.2. The standard InChI is InChI=1S/C21H25N5O3/c1-25-13-16(12-22-25)21(27)26-9-7-15(14-26)18-11-17(23-24-18)8-10-29-20-6-4-3-5-19(20)28-2/h3-6,11-13,15H,7-10,14H2,1-2H3,(H,23,24). The lowest BCUT2D eigenvalue weighted by atomic mass is 10.0. The van der Waals surface area contributed by atoms with Gasteiger partial charge in [0.25, 0.3) is 5.91 Å². The van der Waals surface area contributed by atoms with Gasteiger partial charge in [0.1, 0.15) is 0 Å². The van der Waals surface area contributed by atoms with Crippen molar-refractivity contribution in [2.75, 3.05) is 26.8 Å². The van der Waals surface area contributed by atoms with E-state index in [2.05, 4.69) is 21.4 Å². The number of nitrogens with one attached hydrogen (secondary N) is 1. The number of likely N-dealkylation sites (tertiary alicyclic amines) is 1. The van der Waals surface area contributed by atoms with Crippen LogP contribution in [0.5, 0.6) is 11.5 Å². The molecule has 3 heterocycles. The molecule has 0 spiro atoms. The molecule has 1 N–H and O–H groups in total. The minimum atomic E-state index is 0.0292. The zero-order valence-corrected chi connectivity index (χ0v) is 16.7. The number of para-hydroxylation sites is 2. The van der Waals surface area contributed by atoms with Crippen molar-refractivity contribution in [2.45, 2.75) is 18.8 Å². The van der Waals surface area contributed by atoms with Crippen molar-refractivity contribution in [1.82, 2.24) is 24.9 Å². The average Bonchev–Trinajstić information content (AvgIpc) is 3.48. The zero-order valence-electron chi connectivity index (χ0n) is 16.7. The molecule has 1 aliphatic heterocycles. The molecule has 1 aromatic carbocycles. The second kappa shape index (κ2) is 8.38. The molecule has 152 valence electrons. The van der Waals surface area contributed by atoms with E-state index >= 15 is 0 Å². The van der Waals surface area contributed by atoms with E-state index in [1.54, 1.807) is 24.2 Å². The molecule has 0 radical (unpaired) electrons. The lowest BCUT2D eigenvalue weighted by molar-refractivity contribution is 0.0790. The molecule has 0 aliphatic carbocycles. The van der Waals surface area contributed by atoms with Crippen LogP contribution in [0.2, 0.25) is 0 Å². The number of nitrogens with zero attached hydrogens (tertiary/aromatic N) is 4. The molecule has 1 atom stereocenters. The van der Waals surface area contributed by atoms with Crippen molar-refractivity contribution < 1.29 is 14.3 Å². The second-order valence-corrected chi connectivity index (χ2v) is 7.21. The van der Waals surface area contributed by atoms with Gasteiger partial charge in [-0.3, -0.25) is 14.6 Å². The van der Waals surface area contributed by atoms with E-state index in [0.29, 0.717) is 18.7 Å². The lowest BCUT2D eigenvalue weighted by Crippen LogP contribution is -2.28. The maximum Gasteiger partial charge on any atom is 0.257 e. The summed E-state index contributed by atoms with van der Waals surface area (Å²) in [5.41, 5.74) is 2.65. The smallest absolute Gasteiger partial charge is 0.257 e. The summed E-state index contributed by atoms with van der Waals surface area (Å²) in [5, 5.41) is 11.7. The number of carbonyl (C=O) groups excluding carboxylic acids is 1. The topological polar surface area (TPSA) is 85.3 Å². The predicted octanol–water partition coefficient (Wildman–Crippen LogP) is 2.40. The number of aromatic amines is 1. The van der Waals surface area contributed by atoms with Crippen LogP contribution in [0.3, 0.4) is 0 Å². The Labute approximate surface area is 169 Å². The Morgan fingerprint density at radius 1 is 1.31 bits per heavy atom. The molecular weight excluding hydrogens is 370 g/mol. The highest BCUT2D eigenvalue weighted by molar-refractivity contribution is 5.94. The quantitative estimate of drug-likeness (QED) is 0.664. The van der Waals surface area contributed by atoms with Crippen LogP contribution in [-0.4, -0.2) is 57.6 Å². The van der Waals surface area contributed by atoms with Crippen LogP contribution < -0.4 is 9.47 Å². The van der Waals surface area contributed by atoms with Crippen molar-refractivity contribution in [2.24, 2.45) is 7.05 Å². The number of hydrogen-bond acceptors (Lipinski definition) is 5. The molecular formula is C21H25N5O3. The van der Waals surface area contributed by atoms with Crippen LogP contribution in [-0.2, 0) is 13.5 Å². The van der Waals surface area contributed by atoms with Crippen LogP contribution in [0.1, 0.15) is 34.1 Å². The van der Waals surface area contributed by atoms with Gasteiger partial charge in [0.05, 0.1) is 31.2 Å². The first-order valence-corrected chi connectivity index (χ1v) is 9.72. The summed E-state index contributed by atoms with van der Waals surface area (Å²) >= 11 is 0. The van der Waals surface area contributed by atoms with E-state index in [1.165, 1.54) is 0 Å². The minimum Gasteiger partial charge on any atom is -0.493 e. The van der Waals surface area contributed by atoms with Gasteiger partial charge in [-0.15, -0.1) is 0 Å². The van der Waals surface area contributed by atoms with Crippen molar-refractivity contribution in [3.8, 4) is 11.5 Å². The number of rotatable bonds is 7. The van der Waals surface area contributed by atoms with Gasteiger partial charge in [-0.2, -0.15) is 10.2 Å². The van der Waals surface area contributed by atoms with E-state index < -0.39 is 0 Å². The number of ether oxygens (including phenoxy) is 2. The fourth-order valence-electron chi connectivity index (χ4n) is 3.63. The Balaban J connectivity index is 1.31. The van der Waals surface area contributed by atoms with Crippen molar-refractivity contribution in [1.29, 1.82) is 0 Å². The molecule has 8 heteroatoms. The first-order chi connectivity index (χ1) is 14.1. The molecule has 29 heavy (non-hydrogen) atoms. The molecule has 1 saturated heterocycles.